The third-order valence-corrected chi connectivity index (χ3v) is 6.29. The highest BCUT2D eigenvalue weighted by molar-refractivity contribution is 7.48. The maximum atomic E-state index is 12.8. The molecule has 0 heterocycles. The summed E-state index contributed by atoms with van der Waals surface area (Å²) in [5.41, 5.74) is 0. The van der Waals surface area contributed by atoms with E-state index in [1.807, 2.05) is 0 Å². The van der Waals surface area contributed by atoms with Crippen LogP contribution in [0.1, 0.15) is 110 Å². The van der Waals surface area contributed by atoms with Gasteiger partial charge in [0.05, 0.1) is 19.8 Å². The number of unbranched alkanes of at least 4 members (excludes halogenated alkanes) is 12. The molecule has 0 N–H and O–H groups in total. The van der Waals surface area contributed by atoms with Crippen LogP contribution in [0.4, 0.5) is 0 Å². The monoisotopic (exact) mass is 426 g/mol. The van der Waals surface area contributed by atoms with Crippen LogP contribution in [0.25, 0.3) is 0 Å². The Morgan fingerprint density at radius 2 is 0.889 bits per heavy atom. The Kier molecular flexibility index (Phi) is 21.4. The van der Waals surface area contributed by atoms with E-state index in [1.54, 1.807) is 0 Å². The lowest BCUT2D eigenvalue weighted by Crippen LogP contribution is -2.04. The highest BCUT2D eigenvalue weighted by Gasteiger charge is 2.26. The second-order valence-corrected chi connectivity index (χ2v) is 9.28. The van der Waals surface area contributed by atoms with Crippen LogP contribution >= 0.6 is 19.4 Å². The van der Waals surface area contributed by atoms with E-state index in [0.29, 0.717) is 25.7 Å². The van der Waals surface area contributed by atoms with Gasteiger partial charge in [0, 0.05) is 5.88 Å². The van der Waals surface area contributed by atoms with Crippen LogP contribution < -0.4 is 0 Å². The average Bonchev–Trinajstić information content (AvgIpc) is 2.66. The Morgan fingerprint density at radius 3 is 1.26 bits per heavy atom. The van der Waals surface area contributed by atoms with Crippen molar-refractivity contribution in [3.63, 3.8) is 0 Å². The lowest BCUT2D eigenvalue weighted by Gasteiger charge is -2.18. The van der Waals surface area contributed by atoms with Gasteiger partial charge in [-0.05, 0) is 32.1 Å². The molecule has 0 rings (SSSR count). The van der Waals surface area contributed by atoms with Gasteiger partial charge in [-0.1, -0.05) is 78.1 Å². The van der Waals surface area contributed by atoms with Gasteiger partial charge in [0.15, 0.2) is 0 Å². The Balaban J connectivity index is 4.02. The maximum absolute atomic E-state index is 12.8. The zero-order valence-electron chi connectivity index (χ0n) is 17.9. The van der Waals surface area contributed by atoms with Crippen molar-refractivity contribution in [2.75, 3.05) is 25.7 Å². The molecule has 0 unspecified atom stereocenters. The summed E-state index contributed by atoms with van der Waals surface area (Å²) >= 11 is 5.69. The smallest absolute Gasteiger partial charge is 0.287 e. The van der Waals surface area contributed by atoms with E-state index < -0.39 is 7.82 Å². The molecule has 0 aliphatic carbocycles. The Morgan fingerprint density at radius 1 is 0.556 bits per heavy atom. The Labute approximate surface area is 173 Å². The van der Waals surface area contributed by atoms with E-state index in [0.717, 1.165) is 44.9 Å². The SMILES string of the molecule is CCCCCCCCOP(=O)(OCCCCCCl)OCCCCCCCC. The molecule has 0 saturated carbocycles. The number of alkyl halides is 1. The van der Waals surface area contributed by atoms with Gasteiger partial charge in [0.25, 0.3) is 0 Å². The number of hydrogen-bond donors (Lipinski definition) is 0. The summed E-state index contributed by atoms with van der Waals surface area (Å²) in [5.74, 6) is 0.653. The van der Waals surface area contributed by atoms with E-state index in [-0.39, 0.29) is 0 Å². The van der Waals surface area contributed by atoms with Gasteiger partial charge in [0.2, 0.25) is 0 Å². The molecular weight excluding hydrogens is 383 g/mol. The van der Waals surface area contributed by atoms with Crippen molar-refractivity contribution in [2.24, 2.45) is 0 Å². The summed E-state index contributed by atoms with van der Waals surface area (Å²) in [5, 5.41) is 0. The predicted octanol–water partition coefficient (Wildman–Crippen LogP) is 8.27. The number of hydrogen-bond acceptors (Lipinski definition) is 4. The number of rotatable bonds is 22. The minimum absolute atomic E-state index is 0.404. The van der Waals surface area contributed by atoms with Gasteiger partial charge in [-0.2, -0.15) is 0 Å². The fourth-order valence-corrected chi connectivity index (χ4v) is 4.25. The summed E-state index contributed by atoms with van der Waals surface area (Å²) < 4.78 is 29.5. The minimum Gasteiger partial charge on any atom is -0.287 e. The predicted molar refractivity (Wildman–Crippen MR) is 117 cm³/mol. The fourth-order valence-electron chi connectivity index (χ4n) is 2.78. The van der Waals surface area contributed by atoms with Crippen molar-refractivity contribution in [2.45, 2.75) is 110 Å². The van der Waals surface area contributed by atoms with Crippen molar-refractivity contribution in [3.05, 3.63) is 0 Å². The van der Waals surface area contributed by atoms with Crippen LogP contribution in [-0.4, -0.2) is 25.7 Å². The van der Waals surface area contributed by atoms with Crippen LogP contribution in [0.2, 0.25) is 0 Å². The molecule has 4 nitrogen and oxygen atoms in total. The quantitative estimate of drug-likeness (QED) is 0.0991. The second-order valence-electron chi connectivity index (χ2n) is 7.23. The minimum atomic E-state index is -3.42. The van der Waals surface area contributed by atoms with Crippen LogP contribution in [0, 0.1) is 0 Å². The van der Waals surface area contributed by atoms with Crippen LogP contribution in [-0.2, 0) is 18.1 Å². The molecule has 0 radical (unpaired) electrons. The van der Waals surface area contributed by atoms with Gasteiger partial charge >= 0.3 is 7.82 Å². The number of halogens is 1. The third-order valence-electron chi connectivity index (χ3n) is 4.52. The normalized spacial score (nSPS) is 12.0. The largest absolute Gasteiger partial charge is 0.474 e. The molecule has 6 heteroatoms. The van der Waals surface area contributed by atoms with Crippen molar-refractivity contribution in [1.82, 2.24) is 0 Å². The number of phosphoric ester groups is 1. The molecule has 0 atom stereocenters. The van der Waals surface area contributed by atoms with Crippen molar-refractivity contribution in [1.29, 1.82) is 0 Å². The van der Waals surface area contributed by atoms with E-state index in [1.165, 1.54) is 51.4 Å². The van der Waals surface area contributed by atoms with Gasteiger partial charge in [-0.3, -0.25) is 13.6 Å². The van der Waals surface area contributed by atoms with E-state index in [9.17, 15) is 4.57 Å². The Hall–Kier alpha value is 0.400. The average molecular weight is 427 g/mol. The van der Waals surface area contributed by atoms with Gasteiger partial charge in [0.1, 0.15) is 0 Å². The van der Waals surface area contributed by atoms with E-state index >= 15 is 0 Å². The zero-order valence-corrected chi connectivity index (χ0v) is 19.5. The summed E-state index contributed by atoms with van der Waals surface area (Å²) in [6.07, 6.45) is 16.8. The topological polar surface area (TPSA) is 44.8 Å². The molecule has 0 fully saturated rings. The van der Waals surface area contributed by atoms with Crippen LogP contribution in [0.15, 0.2) is 0 Å². The van der Waals surface area contributed by atoms with Crippen molar-refractivity contribution in [3.8, 4) is 0 Å². The zero-order chi connectivity index (χ0) is 20.1. The molecule has 0 amide bonds. The van der Waals surface area contributed by atoms with Gasteiger partial charge < -0.3 is 0 Å². The van der Waals surface area contributed by atoms with Gasteiger partial charge in [-0.15, -0.1) is 11.6 Å². The summed E-state index contributed by atoms with van der Waals surface area (Å²) in [4.78, 5) is 0. The van der Waals surface area contributed by atoms with Crippen molar-refractivity contribution >= 4 is 19.4 Å². The van der Waals surface area contributed by atoms with Crippen molar-refractivity contribution < 1.29 is 18.1 Å². The first-order valence-electron chi connectivity index (χ1n) is 11.3. The summed E-state index contributed by atoms with van der Waals surface area (Å²) in [6.45, 7) is 5.72. The first-order valence-corrected chi connectivity index (χ1v) is 13.3. The molecule has 0 bridgehead atoms. The van der Waals surface area contributed by atoms with E-state index in [2.05, 4.69) is 13.8 Å². The molecular formula is C21H44ClO4P. The number of phosphoric acid groups is 1. The highest BCUT2D eigenvalue weighted by atomic mass is 35.5. The maximum Gasteiger partial charge on any atom is 0.474 e. The molecule has 0 spiro atoms. The summed E-state index contributed by atoms with van der Waals surface area (Å²) in [7, 11) is -3.42. The highest BCUT2D eigenvalue weighted by Crippen LogP contribution is 2.50. The molecule has 0 aromatic heterocycles. The fraction of sp³-hybridized carbons (Fsp3) is 1.00. The lowest BCUT2D eigenvalue weighted by atomic mass is 10.1. The summed E-state index contributed by atoms with van der Waals surface area (Å²) in [6, 6.07) is 0. The second kappa shape index (κ2) is 21.1. The molecule has 0 aromatic carbocycles. The molecule has 0 aliphatic rings. The first-order chi connectivity index (χ1) is 13.2. The Bertz CT molecular complexity index is 320. The lowest BCUT2D eigenvalue weighted by molar-refractivity contribution is 0.108. The van der Waals surface area contributed by atoms with Gasteiger partial charge in [-0.25, -0.2) is 4.57 Å². The molecule has 0 aliphatic heterocycles. The molecule has 0 aromatic rings. The molecule has 27 heavy (non-hydrogen) atoms. The standard InChI is InChI=1S/C21H44ClO4P/c1-3-5-7-9-11-15-19-24-27(23,26-21-17-13-14-18-22)25-20-16-12-10-8-6-4-2/h3-21H2,1-2H3. The van der Waals surface area contributed by atoms with Crippen LogP contribution in [0.3, 0.4) is 0 Å². The first kappa shape index (κ1) is 27.4. The van der Waals surface area contributed by atoms with E-state index in [4.69, 9.17) is 25.2 Å². The molecule has 0 saturated heterocycles. The van der Waals surface area contributed by atoms with Crippen LogP contribution in [0.5, 0.6) is 0 Å². The molecule has 164 valence electrons. The third kappa shape index (κ3) is 19.5.